The summed E-state index contributed by atoms with van der Waals surface area (Å²) in [4.78, 5) is 15.1. The van der Waals surface area contributed by atoms with Crippen molar-refractivity contribution in [1.29, 1.82) is 0 Å². The van der Waals surface area contributed by atoms with Crippen LogP contribution in [0.2, 0.25) is 5.02 Å². The zero-order valence-electron chi connectivity index (χ0n) is 17.1. The van der Waals surface area contributed by atoms with E-state index < -0.39 is 0 Å². The van der Waals surface area contributed by atoms with E-state index in [0.29, 0.717) is 39.8 Å². The summed E-state index contributed by atoms with van der Waals surface area (Å²) < 4.78 is 12.1. The lowest BCUT2D eigenvalue weighted by atomic mass is 10.1. The van der Waals surface area contributed by atoms with Crippen molar-refractivity contribution >= 4 is 51.9 Å². The maximum Gasteiger partial charge on any atom is 0.266 e. The highest BCUT2D eigenvalue weighted by molar-refractivity contribution is 8.26. The number of thiocarbonyl (C=S) groups is 1. The first-order valence-electron chi connectivity index (χ1n) is 9.99. The van der Waals surface area contributed by atoms with E-state index >= 15 is 0 Å². The topological polar surface area (TPSA) is 38.8 Å². The summed E-state index contributed by atoms with van der Waals surface area (Å²) in [5, 5.41) is 0.559. The molecule has 3 aromatic carbocycles. The molecule has 1 saturated heterocycles. The number of nitrogens with zero attached hydrogens (tertiary/aromatic N) is 1. The minimum atomic E-state index is -0.123. The summed E-state index contributed by atoms with van der Waals surface area (Å²) in [7, 11) is 0. The maximum atomic E-state index is 13.0. The highest BCUT2D eigenvalue weighted by atomic mass is 35.5. The maximum absolute atomic E-state index is 13.0. The van der Waals surface area contributed by atoms with Crippen molar-refractivity contribution < 1.29 is 14.3 Å². The summed E-state index contributed by atoms with van der Waals surface area (Å²) in [6, 6.07) is 24.7. The molecule has 1 amide bonds. The van der Waals surface area contributed by atoms with Crippen LogP contribution in [0.15, 0.2) is 83.8 Å². The van der Waals surface area contributed by atoms with E-state index in [-0.39, 0.29) is 5.91 Å². The molecule has 0 aliphatic carbocycles. The molecule has 0 aromatic heterocycles. The zero-order chi connectivity index (χ0) is 22.3. The molecule has 0 N–H and O–H groups in total. The number of thioether (sulfide) groups is 1. The number of halogens is 1. The van der Waals surface area contributed by atoms with Gasteiger partial charge in [0, 0.05) is 10.6 Å². The molecule has 32 heavy (non-hydrogen) atoms. The Hall–Kier alpha value is -2.80. The van der Waals surface area contributed by atoms with Gasteiger partial charge in [0.15, 0.2) is 0 Å². The number of hydrogen-bond acceptors (Lipinski definition) is 5. The van der Waals surface area contributed by atoms with Gasteiger partial charge in [-0.15, -0.1) is 0 Å². The zero-order valence-corrected chi connectivity index (χ0v) is 19.5. The molecule has 0 unspecified atom stereocenters. The van der Waals surface area contributed by atoms with Gasteiger partial charge in [-0.1, -0.05) is 84.1 Å². The number of amides is 1. The predicted molar refractivity (Wildman–Crippen MR) is 134 cm³/mol. The number of carbonyl (C=O) groups is 1. The van der Waals surface area contributed by atoms with Crippen molar-refractivity contribution in [2.45, 2.75) is 6.54 Å². The Morgan fingerprint density at radius 2 is 1.62 bits per heavy atom. The van der Waals surface area contributed by atoms with Gasteiger partial charge in [-0.25, -0.2) is 0 Å². The molecule has 0 spiro atoms. The van der Waals surface area contributed by atoms with Gasteiger partial charge in [0.25, 0.3) is 5.91 Å². The lowest BCUT2D eigenvalue weighted by Gasteiger charge is -2.14. The molecule has 0 radical (unpaired) electrons. The summed E-state index contributed by atoms with van der Waals surface area (Å²) in [6.45, 7) is 1.19. The second-order valence-corrected chi connectivity index (χ2v) is 9.06. The molecule has 7 heteroatoms. The molecule has 0 bridgehead atoms. The van der Waals surface area contributed by atoms with Gasteiger partial charge in [-0.3, -0.25) is 9.69 Å². The molecule has 3 aromatic rings. The Kier molecular flexibility index (Phi) is 7.47. The van der Waals surface area contributed by atoms with Crippen LogP contribution in [0.25, 0.3) is 6.08 Å². The number of para-hydroxylation sites is 1. The fourth-order valence-corrected chi connectivity index (χ4v) is 4.56. The number of rotatable bonds is 8. The molecule has 4 rings (SSSR count). The number of ether oxygens (including phenoxy) is 2. The molecule has 1 heterocycles. The highest BCUT2D eigenvalue weighted by Gasteiger charge is 2.32. The van der Waals surface area contributed by atoms with Crippen LogP contribution in [-0.2, 0) is 11.3 Å². The third-order valence-electron chi connectivity index (χ3n) is 4.67. The smallest absolute Gasteiger partial charge is 0.266 e. The van der Waals surface area contributed by atoms with Gasteiger partial charge < -0.3 is 9.47 Å². The molecule has 1 aliphatic heterocycles. The van der Waals surface area contributed by atoms with E-state index in [9.17, 15) is 4.79 Å². The minimum Gasteiger partial charge on any atom is -0.490 e. The number of carbonyl (C=O) groups excluding carboxylic acids is 1. The van der Waals surface area contributed by atoms with Crippen molar-refractivity contribution in [2.75, 3.05) is 13.2 Å². The monoisotopic (exact) mass is 481 g/mol. The second kappa shape index (κ2) is 10.7. The first kappa shape index (κ1) is 22.4. The Bertz CT molecular complexity index is 1140. The SMILES string of the molecule is O=C1/C(=C/c2cc(Cl)ccc2OCCOc2ccccc2)SC(=S)N1Cc1ccccc1. The lowest BCUT2D eigenvalue weighted by molar-refractivity contribution is -0.122. The minimum absolute atomic E-state index is 0.123. The summed E-state index contributed by atoms with van der Waals surface area (Å²) in [6.07, 6.45) is 1.78. The highest BCUT2D eigenvalue weighted by Crippen LogP contribution is 2.35. The molecule has 0 saturated carbocycles. The van der Waals surface area contributed by atoms with E-state index in [4.69, 9.17) is 33.3 Å². The van der Waals surface area contributed by atoms with Crippen LogP contribution in [-0.4, -0.2) is 28.3 Å². The fourth-order valence-electron chi connectivity index (χ4n) is 3.13. The normalized spacial score (nSPS) is 14.8. The summed E-state index contributed by atoms with van der Waals surface area (Å²) >= 11 is 12.9. The number of hydrogen-bond donors (Lipinski definition) is 0. The van der Waals surface area contributed by atoms with Crippen LogP contribution in [0.1, 0.15) is 11.1 Å². The van der Waals surface area contributed by atoms with E-state index in [1.165, 1.54) is 11.8 Å². The van der Waals surface area contributed by atoms with Gasteiger partial charge in [0.2, 0.25) is 0 Å². The Labute approximate surface area is 201 Å². The van der Waals surface area contributed by atoms with Crippen LogP contribution < -0.4 is 9.47 Å². The van der Waals surface area contributed by atoms with Crippen molar-refractivity contribution in [3.05, 3.63) is 99.9 Å². The van der Waals surface area contributed by atoms with Crippen LogP contribution in [0.3, 0.4) is 0 Å². The van der Waals surface area contributed by atoms with Crippen molar-refractivity contribution in [1.82, 2.24) is 4.90 Å². The number of benzene rings is 3. The largest absolute Gasteiger partial charge is 0.490 e. The summed E-state index contributed by atoms with van der Waals surface area (Å²) in [5.41, 5.74) is 1.74. The van der Waals surface area contributed by atoms with Gasteiger partial charge in [-0.05, 0) is 42.0 Å². The van der Waals surface area contributed by atoms with Crippen molar-refractivity contribution in [3.63, 3.8) is 0 Å². The molecular formula is C25H20ClNO3S2. The Morgan fingerprint density at radius 3 is 2.38 bits per heavy atom. The van der Waals surface area contributed by atoms with Gasteiger partial charge >= 0.3 is 0 Å². The average molecular weight is 482 g/mol. The van der Waals surface area contributed by atoms with Gasteiger partial charge in [0.05, 0.1) is 11.4 Å². The summed E-state index contributed by atoms with van der Waals surface area (Å²) in [5.74, 6) is 1.29. The lowest BCUT2D eigenvalue weighted by Crippen LogP contribution is -2.27. The van der Waals surface area contributed by atoms with Crippen LogP contribution in [0.4, 0.5) is 0 Å². The molecule has 1 fully saturated rings. The third kappa shape index (κ3) is 5.71. The molecule has 0 atom stereocenters. The van der Waals surface area contributed by atoms with Crippen LogP contribution in [0.5, 0.6) is 11.5 Å². The fraction of sp³-hybridized carbons (Fsp3) is 0.120. The van der Waals surface area contributed by atoms with E-state index in [2.05, 4.69) is 0 Å². The standard InChI is InChI=1S/C25H20ClNO3S2/c26-20-11-12-22(30-14-13-29-21-9-5-2-6-10-21)19(15-20)16-23-24(28)27(25(31)32-23)17-18-7-3-1-4-8-18/h1-12,15-16H,13-14,17H2/b23-16-. The average Bonchev–Trinajstić information content (AvgIpc) is 3.06. The van der Waals surface area contributed by atoms with Crippen molar-refractivity contribution in [2.24, 2.45) is 0 Å². The Balaban J connectivity index is 1.45. The van der Waals surface area contributed by atoms with Crippen LogP contribution >= 0.6 is 35.6 Å². The quantitative estimate of drug-likeness (QED) is 0.217. The molecule has 4 nitrogen and oxygen atoms in total. The second-order valence-electron chi connectivity index (χ2n) is 6.95. The van der Waals surface area contributed by atoms with Crippen LogP contribution in [0, 0.1) is 0 Å². The van der Waals surface area contributed by atoms with Crippen molar-refractivity contribution in [3.8, 4) is 11.5 Å². The van der Waals surface area contributed by atoms with E-state index in [1.54, 1.807) is 29.2 Å². The van der Waals surface area contributed by atoms with Gasteiger partial charge in [0.1, 0.15) is 29.0 Å². The third-order valence-corrected chi connectivity index (χ3v) is 6.28. The van der Waals surface area contributed by atoms with E-state index in [1.807, 2.05) is 60.7 Å². The first-order valence-corrected chi connectivity index (χ1v) is 11.6. The molecular weight excluding hydrogens is 462 g/mol. The first-order chi connectivity index (χ1) is 15.6. The molecule has 1 aliphatic rings. The predicted octanol–water partition coefficient (Wildman–Crippen LogP) is 6.20. The van der Waals surface area contributed by atoms with E-state index in [0.717, 1.165) is 16.9 Å². The van der Waals surface area contributed by atoms with Gasteiger partial charge in [-0.2, -0.15) is 0 Å². The Morgan fingerprint density at radius 1 is 0.938 bits per heavy atom. The molecule has 162 valence electrons.